The number of hydrogen-bond donors (Lipinski definition) is 1. The molecule has 0 fully saturated rings. The summed E-state index contributed by atoms with van der Waals surface area (Å²) in [6.07, 6.45) is 2.28. The van der Waals surface area contributed by atoms with E-state index in [1.807, 2.05) is 30.3 Å². The molecular weight excluding hydrogens is 310 g/mol. The fourth-order valence-corrected chi connectivity index (χ4v) is 3.00. The molecule has 0 spiro atoms. The summed E-state index contributed by atoms with van der Waals surface area (Å²) in [5.74, 6) is 2.07. The number of nitrogens with zero attached hydrogens (tertiary/aromatic N) is 2. The van der Waals surface area contributed by atoms with Crippen LogP contribution in [0, 0.1) is 0 Å². The van der Waals surface area contributed by atoms with E-state index < -0.39 is 0 Å². The second-order valence-corrected chi connectivity index (χ2v) is 6.24. The van der Waals surface area contributed by atoms with Crippen LogP contribution in [-0.4, -0.2) is 28.2 Å². The summed E-state index contributed by atoms with van der Waals surface area (Å²) in [5, 5.41) is 4.02. The molecule has 1 aliphatic heterocycles. The number of carbonyl (C=O) groups excluding carboxylic acids is 1. The number of rotatable bonds is 5. The predicted molar refractivity (Wildman–Crippen MR) is 93.4 cm³/mol. The largest absolute Gasteiger partial charge is 0.485 e. The predicted octanol–water partition coefficient (Wildman–Crippen LogP) is 3.38. The van der Waals surface area contributed by atoms with Crippen LogP contribution in [0.15, 0.2) is 47.6 Å². The smallest absolute Gasteiger partial charge is 0.174 e. The van der Waals surface area contributed by atoms with E-state index in [-0.39, 0.29) is 0 Å². The lowest BCUT2D eigenvalue weighted by Gasteiger charge is -2.12. The van der Waals surface area contributed by atoms with Gasteiger partial charge in [0.25, 0.3) is 0 Å². The lowest BCUT2D eigenvalue weighted by atomic mass is 10.2. The number of anilines is 1. The summed E-state index contributed by atoms with van der Waals surface area (Å²) in [4.78, 5) is 19.8. The van der Waals surface area contributed by atoms with E-state index in [2.05, 4.69) is 22.2 Å². The Morgan fingerprint density at radius 1 is 1.39 bits per heavy atom. The van der Waals surface area contributed by atoms with Crippen LogP contribution >= 0.6 is 11.8 Å². The van der Waals surface area contributed by atoms with Crippen LogP contribution in [0.1, 0.15) is 22.8 Å². The maximum atomic E-state index is 11.0. The first-order valence-electron chi connectivity index (χ1n) is 7.34. The quantitative estimate of drug-likeness (QED) is 0.853. The van der Waals surface area contributed by atoms with Gasteiger partial charge >= 0.3 is 0 Å². The lowest BCUT2D eigenvalue weighted by molar-refractivity contribution is 0.112. The maximum absolute atomic E-state index is 11.0. The van der Waals surface area contributed by atoms with E-state index in [9.17, 15) is 4.79 Å². The van der Waals surface area contributed by atoms with Crippen molar-refractivity contribution in [2.45, 2.75) is 19.6 Å². The van der Waals surface area contributed by atoms with Crippen LogP contribution in [0.3, 0.4) is 0 Å². The minimum absolute atomic E-state index is 0.297. The zero-order valence-electron chi connectivity index (χ0n) is 12.7. The van der Waals surface area contributed by atoms with Gasteiger partial charge in [-0.1, -0.05) is 42.1 Å². The average molecular weight is 327 g/mol. The molecule has 1 aromatic carbocycles. The van der Waals surface area contributed by atoms with Gasteiger partial charge in [-0.15, -0.1) is 0 Å². The van der Waals surface area contributed by atoms with Gasteiger partial charge in [-0.25, -0.2) is 4.98 Å². The summed E-state index contributed by atoms with van der Waals surface area (Å²) in [6.45, 7) is 2.48. The number of hydrogen-bond acceptors (Lipinski definition) is 6. The lowest BCUT2D eigenvalue weighted by Crippen LogP contribution is -2.09. The fourth-order valence-electron chi connectivity index (χ4n) is 2.11. The number of aldehydes is 1. The van der Waals surface area contributed by atoms with Gasteiger partial charge in [0.2, 0.25) is 0 Å². The number of benzene rings is 1. The third-order valence-corrected chi connectivity index (χ3v) is 4.40. The number of ether oxygens (including phenoxy) is 1. The van der Waals surface area contributed by atoms with Crippen molar-refractivity contribution in [3.63, 3.8) is 0 Å². The Morgan fingerprint density at radius 2 is 2.22 bits per heavy atom. The molecule has 0 saturated heterocycles. The van der Waals surface area contributed by atoms with E-state index in [0.29, 0.717) is 29.8 Å². The number of carbonyl (C=O) groups is 1. The Bertz CT molecular complexity index is 719. The van der Waals surface area contributed by atoms with Crippen molar-refractivity contribution in [3.05, 3.63) is 53.7 Å². The molecule has 3 rings (SSSR count). The van der Waals surface area contributed by atoms with E-state index in [0.717, 1.165) is 22.8 Å². The van der Waals surface area contributed by atoms with E-state index in [4.69, 9.17) is 4.74 Å². The number of pyridine rings is 1. The van der Waals surface area contributed by atoms with Crippen molar-refractivity contribution < 1.29 is 9.53 Å². The highest BCUT2D eigenvalue weighted by Crippen LogP contribution is 2.27. The van der Waals surface area contributed by atoms with Crippen molar-refractivity contribution in [1.29, 1.82) is 0 Å². The molecule has 1 aromatic heterocycles. The average Bonchev–Trinajstić information content (AvgIpc) is 3.00. The molecule has 0 bridgehead atoms. The first-order valence-corrected chi connectivity index (χ1v) is 8.33. The maximum Gasteiger partial charge on any atom is 0.174 e. The highest BCUT2D eigenvalue weighted by atomic mass is 32.2. The molecule has 118 valence electrons. The van der Waals surface area contributed by atoms with Crippen molar-refractivity contribution in [1.82, 2.24) is 4.98 Å². The van der Waals surface area contributed by atoms with Gasteiger partial charge in [0.1, 0.15) is 6.61 Å². The third-order valence-electron chi connectivity index (χ3n) is 3.27. The zero-order chi connectivity index (χ0) is 16.1. The minimum Gasteiger partial charge on any atom is -0.485 e. The Labute approximate surface area is 139 Å². The van der Waals surface area contributed by atoms with Crippen LogP contribution in [0.4, 0.5) is 5.82 Å². The second-order valence-electron chi connectivity index (χ2n) is 5.23. The molecule has 0 aliphatic carbocycles. The molecule has 0 amide bonds. The minimum atomic E-state index is 0.297. The Kier molecular flexibility index (Phi) is 4.92. The van der Waals surface area contributed by atoms with Gasteiger partial charge in [0.15, 0.2) is 23.0 Å². The van der Waals surface area contributed by atoms with Gasteiger partial charge in [0.05, 0.1) is 6.04 Å². The molecule has 1 aliphatic rings. The van der Waals surface area contributed by atoms with E-state index in [1.54, 1.807) is 17.8 Å². The zero-order valence-corrected chi connectivity index (χ0v) is 13.5. The molecule has 2 heterocycles. The first kappa shape index (κ1) is 15.6. The van der Waals surface area contributed by atoms with Gasteiger partial charge in [0, 0.05) is 17.5 Å². The van der Waals surface area contributed by atoms with E-state index in [1.165, 1.54) is 6.20 Å². The summed E-state index contributed by atoms with van der Waals surface area (Å²) in [7, 11) is 0. The number of thioether (sulfide) groups is 1. The van der Waals surface area contributed by atoms with Gasteiger partial charge < -0.3 is 10.1 Å². The highest BCUT2D eigenvalue weighted by Gasteiger charge is 2.16. The third kappa shape index (κ3) is 4.10. The van der Waals surface area contributed by atoms with Crippen LogP contribution in [0.2, 0.25) is 0 Å². The molecule has 5 nitrogen and oxygen atoms in total. The number of nitrogens with one attached hydrogen (secondary N) is 1. The fraction of sp³-hybridized carbons (Fsp3) is 0.235. The molecular formula is C17H17N3O2S. The highest BCUT2D eigenvalue weighted by molar-refractivity contribution is 8.14. The summed E-state index contributed by atoms with van der Waals surface area (Å²) in [6, 6.07) is 11.8. The van der Waals surface area contributed by atoms with Crippen LogP contribution < -0.4 is 10.1 Å². The van der Waals surface area contributed by atoms with Crippen molar-refractivity contribution >= 4 is 29.0 Å². The Hall–Kier alpha value is -2.34. The first-order chi connectivity index (χ1) is 11.2. The molecule has 1 N–H and O–H groups in total. The standard InChI is InChI=1S/C17H17N3O2S/c1-12-11-23-17(19-12)20-16-15(7-14(9-21)8-18-16)22-10-13-5-3-2-4-6-13/h2-9,12H,10-11H2,1H3,(H,18,19,20). The number of aliphatic imine (C=N–C) groups is 1. The molecule has 1 unspecified atom stereocenters. The molecule has 0 saturated carbocycles. The van der Waals surface area contributed by atoms with Gasteiger partial charge in [-0.3, -0.25) is 9.79 Å². The molecule has 2 aromatic rings. The Balaban J connectivity index is 1.78. The summed E-state index contributed by atoms with van der Waals surface area (Å²) in [5.41, 5.74) is 1.53. The van der Waals surface area contributed by atoms with Crippen molar-refractivity contribution in [2.75, 3.05) is 11.1 Å². The number of amidine groups is 1. The van der Waals surface area contributed by atoms with Gasteiger partial charge in [-0.2, -0.15) is 0 Å². The molecule has 0 radical (unpaired) electrons. The van der Waals surface area contributed by atoms with Gasteiger partial charge in [-0.05, 0) is 18.6 Å². The topological polar surface area (TPSA) is 63.6 Å². The molecule has 1 atom stereocenters. The van der Waals surface area contributed by atoms with Crippen LogP contribution in [0.5, 0.6) is 5.75 Å². The van der Waals surface area contributed by atoms with Crippen LogP contribution in [-0.2, 0) is 6.61 Å². The normalized spacial score (nSPS) is 16.7. The summed E-state index contributed by atoms with van der Waals surface area (Å²) >= 11 is 1.65. The number of aromatic nitrogens is 1. The SMILES string of the molecule is CC1CSC(Nc2ncc(C=O)cc2OCc2ccccc2)=N1. The Morgan fingerprint density at radius 3 is 2.91 bits per heavy atom. The molecule has 23 heavy (non-hydrogen) atoms. The summed E-state index contributed by atoms with van der Waals surface area (Å²) < 4.78 is 5.85. The van der Waals surface area contributed by atoms with Crippen molar-refractivity contribution in [2.24, 2.45) is 4.99 Å². The van der Waals surface area contributed by atoms with Crippen LogP contribution in [0.25, 0.3) is 0 Å². The molecule has 6 heteroatoms. The second kappa shape index (κ2) is 7.28. The monoisotopic (exact) mass is 327 g/mol. The van der Waals surface area contributed by atoms with E-state index >= 15 is 0 Å². The van der Waals surface area contributed by atoms with Crippen molar-refractivity contribution in [3.8, 4) is 5.75 Å².